The highest BCUT2D eigenvalue weighted by molar-refractivity contribution is 7.19. The first kappa shape index (κ1) is 112. The Balaban J connectivity index is 0.814. The quantitative estimate of drug-likeness (QED) is 0.0333. The minimum absolute atomic E-state index is 0.112. The highest BCUT2D eigenvalue weighted by Crippen LogP contribution is 2.66. The fraction of sp³-hybridized carbons (Fsp3) is 0.635. The molecule has 12 rings (SSSR count). The summed E-state index contributed by atoms with van der Waals surface area (Å²) < 4.78 is 0. The fourth-order valence-corrected chi connectivity index (χ4v) is 27.4. The Morgan fingerprint density at radius 2 is 0.410 bits per heavy atom. The lowest BCUT2D eigenvalue weighted by atomic mass is 9.65. The van der Waals surface area contributed by atoms with Gasteiger partial charge in [0.15, 0.2) is 0 Å². The second-order valence-electron chi connectivity index (χ2n) is 45.7. The number of thiophene rings is 2. The molecular formula is C137H202S2. The lowest BCUT2D eigenvalue weighted by Crippen LogP contribution is -2.30. The molecule has 3 aliphatic rings. The van der Waals surface area contributed by atoms with E-state index in [4.69, 9.17) is 0 Å². The second-order valence-corrected chi connectivity index (χ2v) is 48.0. The maximum atomic E-state index is 2.82. The van der Waals surface area contributed by atoms with E-state index in [9.17, 15) is 0 Å². The summed E-state index contributed by atoms with van der Waals surface area (Å²) in [5, 5.41) is 0. The van der Waals surface area contributed by atoms with E-state index >= 15 is 0 Å². The topological polar surface area (TPSA) is 0 Å². The molecule has 762 valence electrons. The molecule has 0 saturated heterocycles. The third kappa shape index (κ3) is 34.0. The van der Waals surface area contributed by atoms with Crippen LogP contribution in [-0.2, 0) is 41.9 Å². The maximum absolute atomic E-state index is 2.82. The normalized spacial score (nSPS) is 13.5. The number of rotatable bonds is 81. The van der Waals surface area contributed by atoms with Gasteiger partial charge in [0.1, 0.15) is 0 Å². The van der Waals surface area contributed by atoms with Crippen molar-refractivity contribution in [2.24, 2.45) is 0 Å². The van der Waals surface area contributed by atoms with Crippen molar-refractivity contribution in [1.29, 1.82) is 0 Å². The molecule has 0 radical (unpaired) electrons. The fourth-order valence-electron chi connectivity index (χ4n) is 25.1. The summed E-state index contributed by atoms with van der Waals surface area (Å²) in [4.78, 5) is 5.68. The van der Waals surface area contributed by atoms with Gasteiger partial charge in [0, 0.05) is 24.9 Å². The van der Waals surface area contributed by atoms with Crippen LogP contribution in [0.15, 0.2) is 158 Å². The standard InChI is InChI=1S/C137H202S2/c1-9-13-17-21-25-29-33-37-41-45-49-53-57-61-65-69-73-77-81-113-86-95-118(96-87-113)136(119-97-88-114(89-98-119)82-78-74-70-66-62-58-54-50-46-42-38-34-30-26-22-18-14-10-2)128-109-125-129(108-124(128)133-130(136)106-112(6)138-133)137(131-110-132(139-134(125)131)117-94-104-123-122-103-85-111(5)105-126(122)135(7,8)127(123)107-117,120-99-90-115(91-100-120)83-79-75-71-67-63-59-55-51-47-43-39-35-31-27-23-19-15-11-3)121-101-92-116(93-102-121)84-80-76-72-68-64-60-56-52-48-44-40-36-32-28-24-20-16-12-4/h85-110H,9-84H2,1-8H3. The molecule has 0 saturated carbocycles. The first-order chi connectivity index (χ1) is 68.5. The van der Waals surface area contributed by atoms with Gasteiger partial charge in [0.25, 0.3) is 0 Å². The molecule has 0 aliphatic heterocycles. The molecule has 2 heterocycles. The summed E-state index contributed by atoms with van der Waals surface area (Å²) >= 11 is 4.13. The number of hydrogen-bond donors (Lipinski definition) is 0. The molecule has 0 bridgehead atoms. The minimum atomic E-state index is -0.574. The van der Waals surface area contributed by atoms with E-state index in [0.717, 1.165) is 25.7 Å². The molecule has 0 atom stereocenters. The molecule has 3 aliphatic carbocycles. The first-order valence-electron chi connectivity index (χ1n) is 60.6. The van der Waals surface area contributed by atoms with Gasteiger partial charge in [0.2, 0.25) is 0 Å². The van der Waals surface area contributed by atoms with Crippen LogP contribution in [-0.4, -0.2) is 0 Å². The van der Waals surface area contributed by atoms with E-state index in [1.165, 1.54) is 593 Å². The van der Waals surface area contributed by atoms with Gasteiger partial charge in [-0.25, -0.2) is 0 Å². The molecule has 0 unspecified atom stereocenters. The first-order valence-corrected chi connectivity index (χ1v) is 62.3. The van der Waals surface area contributed by atoms with Crippen LogP contribution >= 0.6 is 22.7 Å². The maximum Gasteiger partial charge on any atom is 0.0722 e. The SMILES string of the molecule is CCCCCCCCCCCCCCCCCCCCc1ccc(C2(c3ccc(CCCCCCCCCCCCCCCCCCCC)cc3)c3cc4c(cc3-c3sc(C)cc32)C(c2ccc(CCCCCCCCCCCCCCCCCCCC)cc2)(c2ccc(CCCCCCCCCCCCCCCCCCCC)cc2)c2cc(-c3ccc5c(c3)C(C)(C)c3cc(C)ccc3-5)sc2-4)cc1. The van der Waals surface area contributed by atoms with E-state index in [0.29, 0.717) is 0 Å². The van der Waals surface area contributed by atoms with Gasteiger partial charge < -0.3 is 0 Å². The van der Waals surface area contributed by atoms with Crippen LogP contribution in [0.25, 0.3) is 42.4 Å². The summed E-state index contributed by atoms with van der Waals surface area (Å²) in [6.07, 6.45) is 106. The molecule has 0 nitrogen and oxygen atoms in total. The largest absolute Gasteiger partial charge is 0.140 e. The van der Waals surface area contributed by atoms with Crippen LogP contribution in [0.3, 0.4) is 0 Å². The van der Waals surface area contributed by atoms with Crippen molar-refractivity contribution in [1.82, 2.24) is 0 Å². The second kappa shape index (κ2) is 64.0. The van der Waals surface area contributed by atoms with Crippen molar-refractivity contribution >= 4 is 22.7 Å². The Hall–Kier alpha value is -6.06. The van der Waals surface area contributed by atoms with Crippen LogP contribution in [0.2, 0.25) is 0 Å². The smallest absolute Gasteiger partial charge is 0.0722 e. The summed E-state index contributed by atoms with van der Waals surface area (Å²) in [6.45, 7) is 18.9. The lowest BCUT2D eigenvalue weighted by Gasteiger charge is -2.35. The molecular weight excluding hydrogens is 1710 g/mol. The van der Waals surface area contributed by atoms with Crippen molar-refractivity contribution < 1.29 is 0 Å². The molecule has 0 N–H and O–H groups in total. The van der Waals surface area contributed by atoms with Crippen LogP contribution < -0.4 is 0 Å². The summed E-state index contributed by atoms with van der Waals surface area (Å²) in [5.41, 5.74) is 27.5. The van der Waals surface area contributed by atoms with E-state index in [2.05, 4.69) is 236 Å². The number of aryl methyl sites for hydroxylation is 6. The average molecular weight is 1910 g/mol. The number of fused-ring (bicyclic) bond motifs is 9. The zero-order chi connectivity index (χ0) is 96.9. The minimum Gasteiger partial charge on any atom is -0.140 e. The van der Waals surface area contributed by atoms with E-state index in [-0.39, 0.29) is 5.41 Å². The van der Waals surface area contributed by atoms with Gasteiger partial charge in [-0.15, -0.1) is 22.7 Å². The summed E-state index contributed by atoms with van der Waals surface area (Å²) in [6, 6.07) is 67.2. The van der Waals surface area contributed by atoms with Crippen LogP contribution in [0.5, 0.6) is 0 Å². The molecule has 7 aromatic carbocycles. The highest BCUT2D eigenvalue weighted by atomic mass is 32.1. The van der Waals surface area contributed by atoms with E-state index < -0.39 is 10.8 Å². The highest BCUT2D eigenvalue weighted by Gasteiger charge is 2.53. The third-order valence-corrected chi connectivity index (χ3v) is 36.1. The van der Waals surface area contributed by atoms with Crippen molar-refractivity contribution in [2.45, 2.75) is 560 Å². The zero-order valence-electron chi connectivity index (χ0n) is 91.1. The summed E-state index contributed by atoms with van der Waals surface area (Å²) in [5.74, 6) is 0. The van der Waals surface area contributed by atoms with Gasteiger partial charge >= 0.3 is 0 Å². The number of hydrogen-bond acceptors (Lipinski definition) is 2. The monoisotopic (exact) mass is 1910 g/mol. The molecule has 2 aromatic heterocycles. The van der Waals surface area contributed by atoms with Crippen LogP contribution in [0, 0.1) is 13.8 Å². The van der Waals surface area contributed by atoms with Gasteiger partial charge in [0.05, 0.1) is 10.8 Å². The van der Waals surface area contributed by atoms with Crippen molar-refractivity contribution in [3.05, 3.63) is 246 Å². The van der Waals surface area contributed by atoms with E-state index in [1.54, 1.807) is 0 Å². The van der Waals surface area contributed by atoms with Crippen LogP contribution in [0.4, 0.5) is 0 Å². The van der Waals surface area contributed by atoms with Crippen molar-refractivity contribution in [3.63, 3.8) is 0 Å². The van der Waals surface area contributed by atoms with Crippen molar-refractivity contribution in [3.8, 4) is 42.4 Å². The van der Waals surface area contributed by atoms with Gasteiger partial charge in [-0.3, -0.25) is 0 Å². The Kier molecular flexibility index (Phi) is 51.5. The Labute approximate surface area is 864 Å². The zero-order valence-corrected chi connectivity index (χ0v) is 92.7. The average Bonchev–Trinajstić information content (AvgIpc) is 1.50. The predicted molar refractivity (Wildman–Crippen MR) is 619 cm³/mol. The Morgan fingerprint density at radius 1 is 0.187 bits per heavy atom. The lowest BCUT2D eigenvalue weighted by molar-refractivity contribution is 0.525. The van der Waals surface area contributed by atoms with E-state index in [1.807, 2.05) is 0 Å². The molecule has 2 heteroatoms. The Bertz CT molecular complexity index is 4610. The molecule has 0 fully saturated rings. The number of unbranched alkanes of at least 4 members (excludes halogenated alkanes) is 68. The van der Waals surface area contributed by atoms with Gasteiger partial charge in [-0.1, -0.05) is 611 Å². The number of benzene rings is 7. The predicted octanol–water partition coefficient (Wildman–Crippen LogP) is 45.5. The Morgan fingerprint density at radius 3 is 0.669 bits per heavy atom. The molecule has 0 amide bonds. The van der Waals surface area contributed by atoms with Crippen LogP contribution in [0.1, 0.15) is 592 Å². The molecule has 139 heavy (non-hydrogen) atoms. The summed E-state index contributed by atoms with van der Waals surface area (Å²) in [7, 11) is 0. The third-order valence-electron chi connectivity index (χ3n) is 33.8. The van der Waals surface area contributed by atoms with Gasteiger partial charge in [-0.05, 0) is 201 Å². The molecule has 0 spiro atoms. The van der Waals surface area contributed by atoms with Crippen molar-refractivity contribution in [2.75, 3.05) is 0 Å². The van der Waals surface area contributed by atoms with Gasteiger partial charge in [-0.2, -0.15) is 0 Å². The molecule has 9 aromatic rings.